The summed E-state index contributed by atoms with van der Waals surface area (Å²) in [6, 6.07) is 19.7. The summed E-state index contributed by atoms with van der Waals surface area (Å²) in [7, 11) is -4.14. The summed E-state index contributed by atoms with van der Waals surface area (Å²) in [4.78, 5) is 28.9. The van der Waals surface area contributed by atoms with E-state index in [2.05, 4.69) is 5.32 Å². The summed E-state index contributed by atoms with van der Waals surface area (Å²) >= 11 is 6.01. The van der Waals surface area contributed by atoms with Gasteiger partial charge in [0.05, 0.1) is 10.6 Å². The van der Waals surface area contributed by atoms with Crippen LogP contribution in [0.15, 0.2) is 77.7 Å². The molecule has 0 unspecified atom stereocenters. The lowest BCUT2D eigenvalue weighted by atomic mass is 10.1. The van der Waals surface area contributed by atoms with E-state index in [1.54, 1.807) is 24.3 Å². The molecule has 3 aromatic carbocycles. The number of carbonyl (C=O) groups is 2. The monoisotopic (exact) mass is 583 g/mol. The van der Waals surface area contributed by atoms with Crippen LogP contribution in [-0.2, 0) is 26.2 Å². The molecule has 0 aliphatic heterocycles. The van der Waals surface area contributed by atoms with Crippen molar-refractivity contribution in [2.75, 3.05) is 17.4 Å². The van der Waals surface area contributed by atoms with Crippen molar-refractivity contribution >= 4 is 39.1 Å². The van der Waals surface area contributed by atoms with Gasteiger partial charge in [0.25, 0.3) is 10.0 Å². The average Bonchev–Trinajstić information content (AvgIpc) is 2.91. The Morgan fingerprint density at radius 3 is 2.15 bits per heavy atom. The summed E-state index contributed by atoms with van der Waals surface area (Å²) in [6.07, 6.45) is 0.371. The first-order valence-corrected chi connectivity index (χ1v) is 15.2. The van der Waals surface area contributed by atoms with E-state index in [4.69, 9.17) is 11.6 Å². The second-order valence-electron chi connectivity index (χ2n) is 10.4. The zero-order valence-corrected chi connectivity index (χ0v) is 25.3. The fourth-order valence-corrected chi connectivity index (χ4v) is 5.86. The Morgan fingerprint density at radius 2 is 1.57 bits per heavy atom. The van der Waals surface area contributed by atoms with Gasteiger partial charge in [-0.3, -0.25) is 13.9 Å². The number of hydrogen-bond donors (Lipinski definition) is 1. The molecule has 9 heteroatoms. The number of nitrogens with zero attached hydrogens (tertiary/aromatic N) is 2. The third kappa shape index (κ3) is 8.08. The molecule has 0 bridgehead atoms. The standard InChI is InChI=1S/C31H38ClN3O4S/c1-6-29(31(37)33-19-22(2)3)34(20-25-9-7-8-24(5)18-25)30(36)21-35(27-14-10-23(4)11-15-27)40(38,39)28-16-12-26(32)13-17-28/h7-18,22,29H,6,19-21H2,1-5H3,(H,33,37)/t29-/m0/s1. The van der Waals surface area contributed by atoms with Crippen LogP contribution in [0.4, 0.5) is 5.69 Å². The molecule has 0 saturated carbocycles. The third-order valence-corrected chi connectivity index (χ3v) is 8.55. The van der Waals surface area contributed by atoms with Crippen molar-refractivity contribution < 1.29 is 18.0 Å². The molecule has 0 radical (unpaired) electrons. The molecule has 1 N–H and O–H groups in total. The molecule has 214 valence electrons. The molecule has 3 rings (SSSR count). The molecule has 0 fully saturated rings. The number of rotatable bonds is 12. The van der Waals surface area contributed by atoms with Gasteiger partial charge >= 0.3 is 0 Å². The second-order valence-corrected chi connectivity index (χ2v) is 12.7. The Bertz CT molecular complexity index is 1410. The number of aryl methyl sites for hydroxylation is 2. The van der Waals surface area contributed by atoms with Crippen LogP contribution < -0.4 is 9.62 Å². The van der Waals surface area contributed by atoms with Crippen molar-refractivity contribution in [2.24, 2.45) is 5.92 Å². The van der Waals surface area contributed by atoms with Crippen molar-refractivity contribution in [2.45, 2.75) is 58.5 Å². The van der Waals surface area contributed by atoms with Gasteiger partial charge in [0.1, 0.15) is 12.6 Å². The molecule has 40 heavy (non-hydrogen) atoms. The minimum atomic E-state index is -4.14. The Kier molecular flexibility index (Phi) is 10.8. The van der Waals surface area contributed by atoms with Crippen LogP contribution in [0.1, 0.15) is 43.9 Å². The minimum Gasteiger partial charge on any atom is -0.354 e. The Labute approximate surface area is 243 Å². The lowest BCUT2D eigenvalue weighted by Crippen LogP contribution is -2.52. The van der Waals surface area contributed by atoms with Crippen molar-refractivity contribution in [1.82, 2.24) is 10.2 Å². The van der Waals surface area contributed by atoms with Crippen LogP contribution in [0.25, 0.3) is 0 Å². The highest BCUT2D eigenvalue weighted by molar-refractivity contribution is 7.92. The molecule has 0 saturated heterocycles. The fourth-order valence-electron chi connectivity index (χ4n) is 4.32. The first kappa shape index (κ1) is 31.2. The molecule has 2 amide bonds. The lowest BCUT2D eigenvalue weighted by molar-refractivity contribution is -0.140. The molecule has 0 heterocycles. The van der Waals surface area contributed by atoms with Crippen LogP contribution in [0.2, 0.25) is 5.02 Å². The lowest BCUT2D eigenvalue weighted by Gasteiger charge is -2.33. The van der Waals surface area contributed by atoms with Gasteiger partial charge in [-0.15, -0.1) is 0 Å². The zero-order valence-electron chi connectivity index (χ0n) is 23.7. The highest BCUT2D eigenvalue weighted by Crippen LogP contribution is 2.26. The van der Waals surface area contributed by atoms with Gasteiger partial charge in [0, 0.05) is 18.1 Å². The number of halogens is 1. The maximum atomic E-state index is 14.1. The van der Waals surface area contributed by atoms with E-state index < -0.39 is 28.5 Å². The van der Waals surface area contributed by atoms with Crippen molar-refractivity contribution in [3.63, 3.8) is 0 Å². The van der Waals surface area contributed by atoms with Crippen LogP contribution in [-0.4, -0.2) is 44.3 Å². The van der Waals surface area contributed by atoms with Crippen molar-refractivity contribution in [1.29, 1.82) is 0 Å². The third-order valence-electron chi connectivity index (χ3n) is 6.51. The quantitative estimate of drug-likeness (QED) is 0.295. The number of carbonyl (C=O) groups excluding carboxylic acids is 2. The number of sulfonamides is 1. The normalized spacial score (nSPS) is 12.2. The van der Waals surface area contributed by atoms with E-state index in [-0.39, 0.29) is 23.3 Å². The van der Waals surface area contributed by atoms with E-state index in [0.29, 0.717) is 23.7 Å². The predicted octanol–water partition coefficient (Wildman–Crippen LogP) is 5.73. The Hall–Kier alpha value is -3.36. The maximum Gasteiger partial charge on any atom is 0.264 e. The highest BCUT2D eigenvalue weighted by atomic mass is 35.5. The Balaban J connectivity index is 2.04. The number of amides is 2. The molecule has 0 aliphatic rings. The summed E-state index contributed by atoms with van der Waals surface area (Å²) in [6.45, 7) is 9.86. The highest BCUT2D eigenvalue weighted by Gasteiger charge is 2.33. The molecule has 7 nitrogen and oxygen atoms in total. The summed E-state index contributed by atoms with van der Waals surface area (Å²) < 4.78 is 28.8. The number of benzene rings is 3. The average molecular weight is 584 g/mol. The zero-order chi connectivity index (χ0) is 29.4. The van der Waals surface area contributed by atoms with Gasteiger partial charge in [-0.2, -0.15) is 0 Å². The van der Waals surface area contributed by atoms with Crippen LogP contribution in [0, 0.1) is 19.8 Å². The summed E-state index contributed by atoms with van der Waals surface area (Å²) in [5.74, 6) is -0.505. The topological polar surface area (TPSA) is 86.8 Å². The van der Waals surface area contributed by atoms with E-state index in [9.17, 15) is 18.0 Å². The molecular weight excluding hydrogens is 546 g/mol. The molecule has 0 spiro atoms. The van der Waals surface area contributed by atoms with Gasteiger partial charge in [0.15, 0.2) is 0 Å². The SMILES string of the molecule is CC[C@@H](C(=O)NCC(C)C)N(Cc1cccc(C)c1)C(=O)CN(c1ccc(C)cc1)S(=O)(=O)c1ccc(Cl)cc1. The number of anilines is 1. The van der Waals surface area contributed by atoms with Gasteiger partial charge in [-0.05, 0) is 68.1 Å². The molecular formula is C31H38ClN3O4S. The van der Waals surface area contributed by atoms with E-state index in [0.717, 1.165) is 21.0 Å². The van der Waals surface area contributed by atoms with Crippen molar-refractivity contribution in [3.8, 4) is 0 Å². The summed E-state index contributed by atoms with van der Waals surface area (Å²) in [5, 5.41) is 3.34. The largest absolute Gasteiger partial charge is 0.354 e. The molecule has 1 atom stereocenters. The van der Waals surface area contributed by atoms with Gasteiger partial charge in [-0.25, -0.2) is 8.42 Å². The minimum absolute atomic E-state index is 0.0113. The number of hydrogen-bond acceptors (Lipinski definition) is 4. The van der Waals surface area contributed by atoms with Crippen LogP contribution in [0.5, 0.6) is 0 Å². The van der Waals surface area contributed by atoms with Crippen LogP contribution in [0.3, 0.4) is 0 Å². The predicted molar refractivity (Wildman–Crippen MR) is 161 cm³/mol. The smallest absolute Gasteiger partial charge is 0.264 e. The first-order chi connectivity index (χ1) is 18.9. The van der Waals surface area contributed by atoms with Crippen LogP contribution >= 0.6 is 11.6 Å². The molecule has 0 aliphatic carbocycles. The van der Waals surface area contributed by atoms with Gasteiger partial charge in [0.2, 0.25) is 11.8 Å². The molecule has 3 aromatic rings. The number of nitrogens with one attached hydrogen (secondary N) is 1. The maximum absolute atomic E-state index is 14.1. The van der Waals surface area contributed by atoms with Gasteiger partial charge in [-0.1, -0.05) is 79.9 Å². The van der Waals surface area contributed by atoms with Gasteiger partial charge < -0.3 is 10.2 Å². The fraction of sp³-hybridized carbons (Fsp3) is 0.355. The van der Waals surface area contributed by atoms with E-state index >= 15 is 0 Å². The first-order valence-electron chi connectivity index (χ1n) is 13.4. The van der Waals surface area contributed by atoms with E-state index in [1.165, 1.54) is 29.2 Å². The molecule has 0 aromatic heterocycles. The van der Waals surface area contributed by atoms with E-state index in [1.807, 2.05) is 58.9 Å². The van der Waals surface area contributed by atoms with Crippen molar-refractivity contribution in [3.05, 3.63) is 94.5 Å². The second kappa shape index (κ2) is 13.8. The Morgan fingerprint density at radius 1 is 0.925 bits per heavy atom. The summed E-state index contributed by atoms with van der Waals surface area (Å²) in [5.41, 5.74) is 3.18.